The zero-order valence-corrected chi connectivity index (χ0v) is 22.8. The molecule has 0 saturated carbocycles. The lowest BCUT2D eigenvalue weighted by atomic mass is 9.85. The van der Waals surface area contributed by atoms with E-state index in [1.165, 1.54) is 59.2 Å². The number of nitrogens with zero attached hydrogens (tertiary/aromatic N) is 2. The summed E-state index contributed by atoms with van der Waals surface area (Å²) in [4.78, 5) is 7.48. The van der Waals surface area contributed by atoms with Gasteiger partial charge in [0.15, 0.2) is 5.79 Å². The largest absolute Gasteiger partial charge is 0.383 e. The van der Waals surface area contributed by atoms with Gasteiger partial charge in [-0.1, -0.05) is 52.7 Å². The molecule has 1 fully saturated rings. The van der Waals surface area contributed by atoms with Crippen molar-refractivity contribution in [3.05, 3.63) is 40.6 Å². The fourth-order valence-electron chi connectivity index (χ4n) is 5.42. The molecule has 35 heavy (non-hydrogen) atoms. The van der Waals surface area contributed by atoms with Crippen molar-refractivity contribution < 1.29 is 9.47 Å². The highest BCUT2D eigenvalue weighted by Crippen LogP contribution is 2.45. The van der Waals surface area contributed by atoms with Crippen LogP contribution in [-0.2, 0) is 22.3 Å². The lowest BCUT2D eigenvalue weighted by Gasteiger charge is -2.46. The fraction of sp³-hybridized carbons (Fsp3) is 0.633. The van der Waals surface area contributed by atoms with Gasteiger partial charge in [0.1, 0.15) is 5.82 Å². The summed E-state index contributed by atoms with van der Waals surface area (Å²) in [6.45, 7) is 15.3. The summed E-state index contributed by atoms with van der Waals surface area (Å²) in [5, 5.41) is 1.21. The minimum atomic E-state index is -0.523. The molecule has 0 bridgehead atoms. The van der Waals surface area contributed by atoms with Gasteiger partial charge in [0.25, 0.3) is 0 Å². The van der Waals surface area contributed by atoms with E-state index in [2.05, 4.69) is 50.8 Å². The molecule has 5 nitrogen and oxygen atoms in total. The third-order valence-corrected chi connectivity index (χ3v) is 7.64. The second-order valence-electron chi connectivity index (χ2n) is 11.3. The van der Waals surface area contributed by atoms with Crippen LogP contribution < -0.4 is 10.6 Å². The number of hydrogen-bond donors (Lipinski definition) is 1. The van der Waals surface area contributed by atoms with E-state index < -0.39 is 5.79 Å². The van der Waals surface area contributed by atoms with Gasteiger partial charge in [0, 0.05) is 35.0 Å². The number of rotatable bonds is 9. The second kappa shape index (κ2) is 10.5. The molecule has 0 radical (unpaired) electrons. The number of hydrogen-bond acceptors (Lipinski definition) is 5. The molecule has 1 aromatic heterocycles. The maximum absolute atomic E-state index is 6.67. The van der Waals surface area contributed by atoms with Crippen LogP contribution in [0.1, 0.15) is 91.2 Å². The predicted molar refractivity (Wildman–Crippen MR) is 147 cm³/mol. The van der Waals surface area contributed by atoms with Gasteiger partial charge in [0.2, 0.25) is 0 Å². The lowest BCUT2D eigenvalue weighted by molar-refractivity contribution is -0.280. The number of aromatic nitrogens is 1. The van der Waals surface area contributed by atoms with E-state index in [0.717, 1.165) is 37.7 Å². The molecule has 1 saturated heterocycles. The highest BCUT2D eigenvalue weighted by Gasteiger charge is 2.40. The highest BCUT2D eigenvalue weighted by molar-refractivity contribution is 5.98. The third-order valence-electron chi connectivity index (χ3n) is 7.64. The molecule has 2 aliphatic rings. The van der Waals surface area contributed by atoms with Gasteiger partial charge in [-0.15, -0.1) is 0 Å². The second-order valence-corrected chi connectivity index (χ2v) is 11.3. The summed E-state index contributed by atoms with van der Waals surface area (Å²) in [5.74, 6) is 0.151. The number of unbranched alkanes of at least 4 members (excludes halogenated alkanes) is 2. The zero-order valence-electron chi connectivity index (χ0n) is 22.8. The Kier molecular flexibility index (Phi) is 7.77. The van der Waals surface area contributed by atoms with Gasteiger partial charge >= 0.3 is 0 Å². The summed E-state index contributed by atoms with van der Waals surface area (Å²) >= 11 is 0. The number of ether oxygens (including phenoxy) is 2. The molecule has 0 amide bonds. The number of benzene rings is 1. The summed E-state index contributed by atoms with van der Waals surface area (Å²) in [7, 11) is 0. The van der Waals surface area contributed by atoms with Crippen LogP contribution >= 0.6 is 0 Å². The maximum Gasteiger partial charge on any atom is 0.162 e. The van der Waals surface area contributed by atoms with Crippen LogP contribution in [-0.4, -0.2) is 30.5 Å². The van der Waals surface area contributed by atoms with Crippen molar-refractivity contribution >= 4 is 22.4 Å². The van der Waals surface area contributed by atoms with E-state index in [9.17, 15) is 0 Å². The average Bonchev–Trinajstić information content (AvgIpc) is 2.83. The molecule has 4 rings (SSSR count). The Hall–Kier alpha value is -2.11. The van der Waals surface area contributed by atoms with Crippen LogP contribution in [0.25, 0.3) is 10.9 Å². The smallest absolute Gasteiger partial charge is 0.162 e. The number of pyridine rings is 1. The van der Waals surface area contributed by atoms with Gasteiger partial charge in [-0.25, -0.2) is 4.98 Å². The topological polar surface area (TPSA) is 60.6 Å². The van der Waals surface area contributed by atoms with E-state index in [0.29, 0.717) is 19.0 Å². The fourth-order valence-corrected chi connectivity index (χ4v) is 5.42. The van der Waals surface area contributed by atoms with Crippen molar-refractivity contribution in [1.82, 2.24) is 4.98 Å². The predicted octanol–water partition coefficient (Wildman–Crippen LogP) is 7.17. The molecule has 1 aromatic carbocycles. The highest BCUT2D eigenvalue weighted by atomic mass is 16.7. The Morgan fingerprint density at radius 1 is 1.00 bits per heavy atom. The Morgan fingerprint density at radius 2 is 1.69 bits per heavy atom. The first kappa shape index (κ1) is 26.0. The van der Waals surface area contributed by atoms with E-state index in [1.54, 1.807) is 0 Å². The van der Waals surface area contributed by atoms with Crippen molar-refractivity contribution in [3.63, 3.8) is 0 Å². The number of nitrogen functional groups attached to an aromatic ring is 1. The van der Waals surface area contributed by atoms with Crippen LogP contribution in [0.3, 0.4) is 0 Å². The van der Waals surface area contributed by atoms with Gasteiger partial charge in [-0.3, -0.25) is 0 Å². The first-order chi connectivity index (χ1) is 16.7. The SMILES string of the molecule is CCCCC1=C(CC)Cc2c(N)nc3cc(CCCC)ccc3c2N1CC1(C)COC(C)(C)OC1. The molecule has 0 aliphatic carbocycles. The Balaban J connectivity index is 1.83. The molecule has 2 aromatic rings. The maximum atomic E-state index is 6.67. The number of fused-ring (bicyclic) bond motifs is 3. The number of anilines is 2. The van der Waals surface area contributed by atoms with Crippen LogP contribution in [0.15, 0.2) is 29.5 Å². The van der Waals surface area contributed by atoms with Crippen LogP contribution in [0, 0.1) is 5.41 Å². The van der Waals surface area contributed by atoms with E-state index in [1.807, 2.05) is 13.8 Å². The first-order valence-electron chi connectivity index (χ1n) is 13.7. The summed E-state index contributed by atoms with van der Waals surface area (Å²) in [6.07, 6.45) is 8.83. The van der Waals surface area contributed by atoms with Gasteiger partial charge < -0.3 is 20.1 Å². The molecule has 3 heterocycles. The minimum Gasteiger partial charge on any atom is -0.383 e. The monoisotopic (exact) mass is 479 g/mol. The molecule has 0 atom stereocenters. The normalized spacial score (nSPS) is 19.3. The standard InChI is InChI=1S/C30H45N3O2/c1-7-10-12-21-14-15-23-25(16-21)32-28(31)24-17-22(9-3)26(13-11-8-2)33(27(23)24)18-30(6)19-34-29(4,5)35-20-30/h14-16H,7-13,17-20H2,1-6H3,(H2,31,32). The lowest BCUT2D eigenvalue weighted by Crippen LogP contribution is -2.51. The van der Waals surface area contributed by atoms with Crippen LogP contribution in [0.5, 0.6) is 0 Å². The van der Waals surface area contributed by atoms with Crippen LogP contribution in [0.4, 0.5) is 11.5 Å². The van der Waals surface area contributed by atoms with Crippen molar-refractivity contribution in [2.75, 3.05) is 30.4 Å². The molecule has 5 heteroatoms. The summed E-state index contributed by atoms with van der Waals surface area (Å²) in [6, 6.07) is 6.82. The van der Waals surface area contributed by atoms with Gasteiger partial charge in [-0.05, 0) is 63.2 Å². The third kappa shape index (κ3) is 5.51. The molecule has 0 spiro atoms. The Morgan fingerprint density at radius 3 is 2.34 bits per heavy atom. The van der Waals surface area contributed by atoms with Crippen molar-refractivity contribution in [1.29, 1.82) is 0 Å². The molecule has 2 N–H and O–H groups in total. The summed E-state index contributed by atoms with van der Waals surface area (Å²) < 4.78 is 12.3. The quantitative estimate of drug-likeness (QED) is 0.413. The van der Waals surface area contributed by atoms with Crippen molar-refractivity contribution in [3.8, 4) is 0 Å². The Labute approximate surface area is 212 Å². The molecular formula is C30H45N3O2. The van der Waals surface area contributed by atoms with Gasteiger partial charge in [0.05, 0.1) is 24.4 Å². The van der Waals surface area contributed by atoms with Crippen molar-refractivity contribution in [2.45, 2.75) is 98.7 Å². The average molecular weight is 480 g/mol. The zero-order chi connectivity index (χ0) is 25.2. The first-order valence-corrected chi connectivity index (χ1v) is 13.7. The van der Waals surface area contributed by atoms with Crippen molar-refractivity contribution in [2.24, 2.45) is 5.41 Å². The van der Waals surface area contributed by atoms with E-state index in [-0.39, 0.29) is 5.41 Å². The van der Waals surface area contributed by atoms with E-state index >= 15 is 0 Å². The Bertz CT molecular complexity index is 1080. The minimum absolute atomic E-state index is 0.119. The number of nitrogens with two attached hydrogens (primary N) is 1. The molecule has 192 valence electrons. The van der Waals surface area contributed by atoms with Crippen LogP contribution in [0.2, 0.25) is 0 Å². The summed E-state index contributed by atoms with van der Waals surface area (Å²) in [5.41, 5.74) is 14.3. The number of aryl methyl sites for hydroxylation is 1. The molecular weight excluding hydrogens is 434 g/mol. The van der Waals surface area contributed by atoms with Gasteiger partial charge in [-0.2, -0.15) is 0 Å². The van der Waals surface area contributed by atoms with E-state index in [4.69, 9.17) is 20.2 Å². The molecule has 2 aliphatic heterocycles. The molecule has 0 unspecified atom stereocenters. The number of allylic oxidation sites excluding steroid dienone is 2.